The van der Waals surface area contributed by atoms with Crippen molar-refractivity contribution < 1.29 is 14.3 Å². The largest absolute Gasteiger partial charge is 0.465 e. The van der Waals surface area contributed by atoms with E-state index >= 15 is 0 Å². The number of piperidine rings is 1. The molecule has 0 bridgehead atoms. The van der Waals surface area contributed by atoms with Crippen LogP contribution in [0.5, 0.6) is 0 Å². The number of amides is 1. The van der Waals surface area contributed by atoms with Gasteiger partial charge in [-0.15, -0.1) is 12.4 Å². The molecule has 0 spiro atoms. The van der Waals surface area contributed by atoms with Gasteiger partial charge in [-0.05, 0) is 37.1 Å². The molecule has 0 saturated carbocycles. The first kappa shape index (κ1) is 20.7. The molecule has 0 aliphatic carbocycles. The van der Waals surface area contributed by atoms with Crippen LogP contribution in [-0.4, -0.2) is 37.1 Å². The summed E-state index contributed by atoms with van der Waals surface area (Å²) in [6.07, 6.45) is 3.15. The molecule has 6 nitrogen and oxygen atoms in total. The lowest BCUT2D eigenvalue weighted by Crippen LogP contribution is -2.40. The van der Waals surface area contributed by atoms with Crippen molar-refractivity contribution in [1.82, 2.24) is 10.3 Å². The summed E-state index contributed by atoms with van der Waals surface area (Å²) in [4.78, 5) is 30.3. The molecular formula is C20H24ClN3O3. The third-order valence-corrected chi connectivity index (χ3v) is 4.68. The van der Waals surface area contributed by atoms with Gasteiger partial charge < -0.3 is 15.0 Å². The van der Waals surface area contributed by atoms with Crippen LogP contribution in [0.1, 0.15) is 28.9 Å². The molecule has 1 fully saturated rings. The second-order valence-corrected chi connectivity index (χ2v) is 6.34. The summed E-state index contributed by atoms with van der Waals surface area (Å²) < 4.78 is 4.64. The molecule has 1 amide bonds. The van der Waals surface area contributed by atoms with E-state index in [1.807, 2.05) is 18.2 Å². The van der Waals surface area contributed by atoms with Crippen LogP contribution in [-0.2, 0) is 16.1 Å². The molecule has 2 heterocycles. The average Bonchev–Trinajstić information content (AvgIpc) is 2.72. The number of pyridine rings is 1. The number of nitrogens with one attached hydrogen (secondary N) is 1. The highest BCUT2D eigenvalue weighted by molar-refractivity contribution is 5.88. The molecule has 1 aromatic heterocycles. The minimum Gasteiger partial charge on any atom is -0.465 e. The number of hydrogen-bond acceptors (Lipinski definition) is 5. The highest BCUT2D eigenvalue weighted by Gasteiger charge is 2.24. The maximum absolute atomic E-state index is 12.4. The minimum absolute atomic E-state index is 0. The Morgan fingerprint density at radius 3 is 2.44 bits per heavy atom. The van der Waals surface area contributed by atoms with E-state index in [9.17, 15) is 9.59 Å². The fourth-order valence-corrected chi connectivity index (χ4v) is 3.13. The van der Waals surface area contributed by atoms with Crippen molar-refractivity contribution in [3.63, 3.8) is 0 Å². The van der Waals surface area contributed by atoms with E-state index in [2.05, 4.69) is 32.1 Å². The summed E-state index contributed by atoms with van der Waals surface area (Å²) in [5, 5.41) is 2.95. The number of methoxy groups -OCH3 is 1. The second-order valence-electron chi connectivity index (χ2n) is 6.34. The quantitative estimate of drug-likeness (QED) is 0.796. The number of esters is 1. The van der Waals surface area contributed by atoms with Crippen LogP contribution in [0.25, 0.3) is 0 Å². The SMILES string of the molecule is COC(=O)c1ccc(CNC(=O)C2CCN(c3ccccc3)CC2)nc1.Cl. The van der Waals surface area contributed by atoms with Crippen LogP contribution in [0.4, 0.5) is 5.69 Å². The van der Waals surface area contributed by atoms with Crippen LogP contribution in [0.2, 0.25) is 0 Å². The lowest BCUT2D eigenvalue weighted by molar-refractivity contribution is -0.125. The maximum Gasteiger partial charge on any atom is 0.339 e. The molecule has 3 rings (SSSR count). The minimum atomic E-state index is -0.418. The van der Waals surface area contributed by atoms with E-state index in [0.717, 1.165) is 25.9 Å². The molecule has 0 atom stereocenters. The average molecular weight is 390 g/mol. The van der Waals surface area contributed by atoms with Crippen molar-refractivity contribution in [2.24, 2.45) is 5.92 Å². The first-order valence-corrected chi connectivity index (χ1v) is 8.78. The number of para-hydroxylation sites is 1. The maximum atomic E-state index is 12.4. The molecule has 1 saturated heterocycles. The smallest absolute Gasteiger partial charge is 0.339 e. The number of rotatable bonds is 5. The molecule has 0 unspecified atom stereocenters. The van der Waals surface area contributed by atoms with Gasteiger partial charge in [0.15, 0.2) is 0 Å². The number of hydrogen-bond donors (Lipinski definition) is 1. The lowest BCUT2D eigenvalue weighted by atomic mass is 9.95. The van der Waals surface area contributed by atoms with Crippen LogP contribution < -0.4 is 10.2 Å². The molecule has 1 aliphatic heterocycles. The molecule has 0 radical (unpaired) electrons. The van der Waals surface area contributed by atoms with Crippen LogP contribution in [0, 0.1) is 5.92 Å². The van der Waals surface area contributed by atoms with E-state index in [-0.39, 0.29) is 24.2 Å². The van der Waals surface area contributed by atoms with Gasteiger partial charge in [0.1, 0.15) is 0 Å². The molecule has 1 N–H and O–H groups in total. The van der Waals surface area contributed by atoms with Crippen molar-refractivity contribution >= 4 is 30.0 Å². The van der Waals surface area contributed by atoms with E-state index in [4.69, 9.17) is 0 Å². The normalized spacial score (nSPS) is 14.2. The zero-order valence-corrected chi connectivity index (χ0v) is 16.1. The van der Waals surface area contributed by atoms with Crippen molar-refractivity contribution in [3.8, 4) is 0 Å². The summed E-state index contributed by atoms with van der Waals surface area (Å²) in [5.74, 6) is -0.320. The number of carbonyl (C=O) groups is 2. The van der Waals surface area contributed by atoms with Gasteiger partial charge in [0.25, 0.3) is 0 Å². The Bertz CT molecular complexity index is 745. The number of ether oxygens (including phenoxy) is 1. The Morgan fingerprint density at radius 1 is 1.15 bits per heavy atom. The number of anilines is 1. The molecule has 2 aromatic rings. The summed E-state index contributed by atoms with van der Waals surface area (Å²) in [5.41, 5.74) is 2.32. The Morgan fingerprint density at radius 2 is 1.85 bits per heavy atom. The Balaban J connectivity index is 0.00000261. The predicted molar refractivity (Wildman–Crippen MR) is 106 cm³/mol. The highest BCUT2D eigenvalue weighted by Crippen LogP contribution is 2.23. The molecule has 7 heteroatoms. The molecule has 27 heavy (non-hydrogen) atoms. The molecule has 144 valence electrons. The van der Waals surface area contributed by atoms with Crippen LogP contribution in [0.15, 0.2) is 48.7 Å². The third kappa shape index (κ3) is 5.44. The van der Waals surface area contributed by atoms with Crippen molar-refractivity contribution in [2.75, 3.05) is 25.1 Å². The topological polar surface area (TPSA) is 71.5 Å². The van der Waals surface area contributed by atoms with Crippen LogP contribution in [0.3, 0.4) is 0 Å². The number of halogens is 1. The third-order valence-electron chi connectivity index (χ3n) is 4.68. The predicted octanol–water partition coefficient (Wildman–Crippen LogP) is 2.82. The lowest BCUT2D eigenvalue weighted by Gasteiger charge is -2.33. The Kier molecular flexibility index (Phi) is 7.61. The van der Waals surface area contributed by atoms with E-state index in [1.165, 1.54) is 19.0 Å². The zero-order valence-electron chi connectivity index (χ0n) is 15.3. The fraction of sp³-hybridized carbons (Fsp3) is 0.350. The molecular weight excluding hydrogens is 366 g/mol. The molecule has 1 aromatic carbocycles. The summed E-state index contributed by atoms with van der Waals surface area (Å²) >= 11 is 0. The molecule has 1 aliphatic rings. The first-order valence-electron chi connectivity index (χ1n) is 8.78. The monoisotopic (exact) mass is 389 g/mol. The number of aromatic nitrogens is 1. The van der Waals surface area contributed by atoms with Gasteiger partial charge in [-0.25, -0.2) is 4.79 Å². The van der Waals surface area contributed by atoms with Gasteiger partial charge in [-0.3, -0.25) is 9.78 Å². The van der Waals surface area contributed by atoms with Gasteiger partial charge in [0.05, 0.1) is 24.9 Å². The van der Waals surface area contributed by atoms with Gasteiger partial charge >= 0.3 is 5.97 Å². The van der Waals surface area contributed by atoms with Gasteiger partial charge in [0.2, 0.25) is 5.91 Å². The van der Waals surface area contributed by atoms with Gasteiger partial charge in [0, 0.05) is 30.9 Å². The standard InChI is InChI=1S/C20H23N3O3.ClH/c1-26-20(25)16-7-8-17(21-13-16)14-22-19(24)15-9-11-23(12-10-15)18-5-3-2-4-6-18;/h2-8,13,15H,9-12,14H2,1H3,(H,22,24);1H. The van der Waals surface area contributed by atoms with Crippen LogP contribution >= 0.6 is 12.4 Å². The Labute approximate surface area is 165 Å². The van der Waals surface area contributed by atoms with E-state index in [1.54, 1.807) is 12.1 Å². The first-order chi connectivity index (χ1) is 12.7. The van der Waals surface area contributed by atoms with E-state index in [0.29, 0.717) is 17.8 Å². The van der Waals surface area contributed by atoms with Crippen molar-refractivity contribution in [3.05, 3.63) is 59.9 Å². The van der Waals surface area contributed by atoms with E-state index < -0.39 is 5.97 Å². The number of nitrogens with zero attached hydrogens (tertiary/aromatic N) is 2. The van der Waals surface area contributed by atoms with Crippen molar-refractivity contribution in [2.45, 2.75) is 19.4 Å². The zero-order chi connectivity index (χ0) is 18.4. The van der Waals surface area contributed by atoms with Gasteiger partial charge in [-0.1, -0.05) is 18.2 Å². The van der Waals surface area contributed by atoms with Gasteiger partial charge in [-0.2, -0.15) is 0 Å². The number of carbonyl (C=O) groups excluding carboxylic acids is 2. The second kappa shape index (κ2) is 9.92. The number of benzene rings is 1. The summed E-state index contributed by atoms with van der Waals surface area (Å²) in [7, 11) is 1.33. The van der Waals surface area contributed by atoms with Crippen molar-refractivity contribution in [1.29, 1.82) is 0 Å². The highest BCUT2D eigenvalue weighted by atomic mass is 35.5. The summed E-state index contributed by atoms with van der Waals surface area (Å²) in [6.45, 7) is 2.13. The summed E-state index contributed by atoms with van der Waals surface area (Å²) in [6, 6.07) is 13.7. The fourth-order valence-electron chi connectivity index (χ4n) is 3.13. The Hall–Kier alpha value is -2.60.